The maximum atomic E-state index is 15.2. The fraction of sp³-hybridized carbons (Fsp3) is 0.625. The molecule has 38 nitrogen and oxygen atoms in total. The van der Waals surface area contributed by atoms with Gasteiger partial charge >= 0.3 is 6.09 Å². The minimum atomic E-state index is -2.16. The molecule has 538 valence electrons. The van der Waals surface area contributed by atoms with E-state index in [4.69, 9.17) is 57.1 Å². The van der Waals surface area contributed by atoms with Crippen molar-refractivity contribution in [2.75, 3.05) is 64.0 Å². The van der Waals surface area contributed by atoms with Gasteiger partial charge in [-0.2, -0.15) is 0 Å². The molecule has 0 radical (unpaired) electrons. The molecule has 8 amide bonds. The summed E-state index contributed by atoms with van der Waals surface area (Å²) in [5, 5.41) is 98.5. The number of primary amides is 3. The van der Waals surface area contributed by atoms with Gasteiger partial charge in [0.1, 0.15) is 100 Å². The number of aromatic amines is 1. The SMILES string of the molecule is COCC1O[C@@H](O[C@@H](c2c[nH]cn2)[C@H](NC(=O)c2nc([C@H](CC(N)=O)NC[C@H](N)C(N)=O)nc(N)c2C)C(=O)N[C@H](C)[C@@H](O)[C@H](C)C(=O)N[C@H](C(=O)NCCc2nc(-c3nc(C(=O)NCCC[S+](C)C)cs3)cs2)[C@@H](C)O)[C@@H](O[C@H]2OC(CO)[C@@H](O)[C@@H](OC(N)=O)C2O)C(O)[C@@H]1O. The molecule has 0 aromatic carbocycles. The minimum absolute atomic E-state index is 0.000423. The van der Waals surface area contributed by atoms with Crippen LogP contribution >= 0.6 is 22.7 Å². The molecule has 97 heavy (non-hydrogen) atoms. The van der Waals surface area contributed by atoms with E-state index in [1.54, 1.807) is 10.8 Å². The summed E-state index contributed by atoms with van der Waals surface area (Å²) in [7, 11) is 1.47. The fourth-order valence-electron chi connectivity index (χ4n) is 9.94. The first-order chi connectivity index (χ1) is 45.8. The number of aliphatic hydroxyl groups excluding tert-OH is 7. The first-order valence-corrected chi connectivity index (χ1v) is 34.2. The molecule has 6 heterocycles. The summed E-state index contributed by atoms with van der Waals surface area (Å²) in [5.74, 6) is -7.58. The van der Waals surface area contributed by atoms with E-state index < -0.39 is 183 Å². The number of aromatic nitrogens is 6. The van der Waals surface area contributed by atoms with Crippen molar-refractivity contribution in [3.05, 3.63) is 56.8 Å². The number of methoxy groups -OCH3 is 1. The van der Waals surface area contributed by atoms with Crippen molar-refractivity contribution in [2.24, 2.45) is 28.9 Å². The fourth-order valence-corrected chi connectivity index (χ4v) is 12.3. The van der Waals surface area contributed by atoms with Crippen LogP contribution in [0.5, 0.6) is 0 Å². The Balaban J connectivity index is 1.27. The monoisotopic (exact) mass is 1430 g/mol. The first-order valence-electron chi connectivity index (χ1n) is 30.2. The lowest BCUT2D eigenvalue weighted by Crippen LogP contribution is -2.65. The van der Waals surface area contributed by atoms with Gasteiger partial charge in [-0.25, -0.2) is 29.7 Å². The van der Waals surface area contributed by atoms with Crippen LogP contribution in [0.25, 0.3) is 10.7 Å². The van der Waals surface area contributed by atoms with Gasteiger partial charge in [-0.15, -0.1) is 22.7 Å². The molecule has 4 aromatic heterocycles. The second-order valence-electron chi connectivity index (χ2n) is 23.1. The summed E-state index contributed by atoms with van der Waals surface area (Å²) in [6, 6.07) is -7.79. The maximum Gasteiger partial charge on any atom is 0.404 e. The number of nitrogens with zero attached hydrogens (tertiary/aromatic N) is 5. The number of ether oxygens (including phenoxy) is 6. The van der Waals surface area contributed by atoms with Crippen LogP contribution in [-0.4, -0.2) is 269 Å². The third-order valence-corrected chi connectivity index (χ3v) is 18.3. The van der Waals surface area contributed by atoms with Crippen LogP contribution in [-0.2, 0) is 69.7 Å². The average Bonchev–Trinajstić information content (AvgIpc) is 1.01. The molecule has 2 aliphatic heterocycles. The third-order valence-electron chi connectivity index (χ3n) is 15.4. The lowest BCUT2D eigenvalue weighted by Gasteiger charge is -2.47. The highest BCUT2D eigenvalue weighted by molar-refractivity contribution is 7.95. The molecule has 24 N–H and O–H groups in total. The molecule has 19 atom stereocenters. The second-order valence-corrected chi connectivity index (χ2v) is 27.3. The van der Waals surface area contributed by atoms with Crippen molar-refractivity contribution >= 4 is 86.8 Å². The van der Waals surface area contributed by atoms with E-state index in [9.17, 15) is 69.3 Å². The number of thiazole rings is 2. The van der Waals surface area contributed by atoms with E-state index in [2.05, 4.69) is 74.3 Å². The van der Waals surface area contributed by atoms with Gasteiger partial charge in [0.2, 0.25) is 29.5 Å². The number of carbonyl (C=O) groups is 8. The molecule has 4 unspecified atom stereocenters. The normalized spacial score (nSPS) is 23.9. The molecule has 0 spiro atoms. The van der Waals surface area contributed by atoms with Gasteiger partial charge in [-0.05, 0) is 31.7 Å². The number of anilines is 1. The Bertz CT molecular complexity index is 3300. The van der Waals surface area contributed by atoms with Crippen molar-refractivity contribution in [2.45, 2.75) is 157 Å². The number of aliphatic hydroxyl groups is 7. The highest BCUT2D eigenvalue weighted by atomic mass is 32.2. The highest BCUT2D eigenvalue weighted by Gasteiger charge is 2.54. The Labute approximate surface area is 565 Å². The van der Waals surface area contributed by atoms with Gasteiger partial charge in [0, 0.05) is 68.5 Å². The van der Waals surface area contributed by atoms with Crippen molar-refractivity contribution < 1.29 is 103 Å². The molecule has 0 bridgehead atoms. The molecule has 41 heteroatoms. The molecule has 2 fully saturated rings. The van der Waals surface area contributed by atoms with Crippen molar-refractivity contribution in [3.63, 3.8) is 0 Å². The van der Waals surface area contributed by atoms with Crippen molar-refractivity contribution in [1.82, 2.24) is 61.8 Å². The number of nitrogens with two attached hydrogens (primary N) is 5. The minimum Gasteiger partial charge on any atom is -0.441 e. The Hall–Kier alpha value is -7.30. The summed E-state index contributed by atoms with van der Waals surface area (Å²) in [6.07, 6.45) is -19.1. The lowest BCUT2D eigenvalue weighted by atomic mass is 9.96. The third kappa shape index (κ3) is 21.4. The van der Waals surface area contributed by atoms with Gasteiger partial charge in [-0.1, -0.05) is 6.92 Å². The number of rotatable bonds is 36. The van der Waals surface area contributed by atoms with Gasteiger partial charge in [0.15, 0.2) is 18.7 Å². The van der Waals surface area contributed by atoms with Gasteiger partial charge in [-0.3, -0.25) is 33.6 Å². The number of amides is 8. The van der Waals surface area contributed by atoms with Gasteiger partial charge < -0.3 is 130 Å². The summed E-state index contributed by atoms with van der Waals surface area (Å²) < 4.78 is 34.4. The summed E-state index contributed by atoms with van der Waals surface area (Å²) in [4.78, 5) is 131. The average molecular weight is 1430 g/mol. The van der Waals surface area contributed by atoms with E-state index in [0.717, 1.165) is 18.5 Å². The Morgan fingerprint density at radius 1 is 0.804 bits per heavy atom. The van der Waals surface area contributed by atoms with Gasteiger partial charge in [0.05, 0.1) is 79.0 Å². The Morgan fingerprint density at radius 3 is 2.14 bits per heavy atom. The molecular weight excluding hydrogens is 1340 g/mol. The molecule has 2 aliphatic rings. The molecule has 0 aliphatic carbocycles. The van der Waals surface area contributed by atoms with E-state index in [1.165, 1.54) is 63.7 Å². The highest BCUT2D eigenvalue weighted by Crippen LogP contribution is 2.35. The number of H-pyrrole nitrogens is 1. The van der Waals surface area contributed by atoms with E-state index in [0.29, 0.717) is 22.3 Å². The number of hydrogen-bond donors (Lipinski definition) is 19. The summed E-state index contributed by atoms with van der Waals surface area (Å²) in [6.45, 7) is 3.82. The maximum absolute atomic E-state index is 15.2. The standard InChI is InChI=1S/C56H85N17O21S3/c1-21-34(70-47(73-45(21)59)26(13-32(58)76)65-14-25(57)46(60)82)51(86)72-36(42(27-15-62-20-66-27)92-55-44(40(80)38(78)31(91-55)17-89-5)93-54-41(81)43(94-56(61)88)39(79)30(16-74)90-54)52(87)67-23(3)37(77)22(2)48(83)71-35(24(4)75)50(85)64-11-9-33-68-29(19-95-33)53-69-28(18-96-53)49(84)63-10-8-12-97(6)7/h15,18-20,22-26,30-31,35-44,54-55,65,74-75,77-81H,8-14,16-17,57H2,1-7H3,(H13-,58,59,60,61,62,63,64,66,67,70,71,72,73,76,82,83,84,85,86,87,88)/p+1/t22-,23+,24+,25-,26-,30?,31?,35-,36-,37-,38+,39+,40?,41?,42-,43+,44-,54+,55-/m0/s1. The number of nitrogen functional groups attached to an aromatic ring is 1. The molecule has 6 rings (SSSR count). The Morgan fingerprint density at radius 2 is 1.52 bits per heavy atom. The van der Waals surface area contributed by atoms with E-state index >= 15 is 4.79 Å². The lowest BCUT2D eigenvalue weighted by molar-refractivity contribution is -0.372. The summed E-state index contributed by atoms with van der Waals surface area (Å²) in [5.41, 5.74) is 28.2. The van der Waals surface area contributed by atoms with Crippen LogP contribution < -0.4 is 60.6 Å². The predicted octanol–water partition coefficient (Wildman–Crippen LogP) is -7.05. The van der Waals surface area contributed by atoms with Crippen LogP contribution in [0, 0.1) is 12.8 Å². The largest absolute Gasteiger partial charge is 0.441 e. The zero-order valence-corrected chi connectivity index (χ0v) is 56.3. The number of hydrogen-bond acceptors (Lipinski definition) is 31. The molecule has 4 aromatic rings. The topological polar surface area (TPSA) is 616 Å². The van der Waals surface area contributed by atoms with Crippen LogP contribution in [0.2, 0.25) is 0 Å². The molecular formula is C56H86N17O21S3+. The molecule has 2 saturated heterocycles. The molecule has 0 saturated carbocycles. The first kappa shape index (κ1) is 78.7. The Kier molecular flexibility index (Phi) is 29.6. The van der Waals surface area contributed by atoms with E-state index in [1.807, 2.05) is 0 Å². The van der Waals surface area contributed by atoms with Crippen LogP contribution in [0.4, 0.5) is 10.6 Å². The quantitative estimate of drug-likeness (QED) is 0.0149. The number of nitrogens with one attached hydrogen (secondary N) is 7. The van der Waals surface area contributed by atoms with Crippen molar-refractivity contribution in [3.8, 4) is 10.7 Å². The predicted molar refractivity (Wildman–Crippen MR) is 344 cm³/mol. The smallest absolute Gasteiger partial charge is 0.404 e. The second kappa shape index (κ2) is 36.5. The van der Waals surface area contributed by atoms with Crippen LogP contribution in [0.3, 0.4) is 0 Å². The number of carbonyl (C=O) groups excluding carboxylic acids is 8. The summed E-state index contributed by atoms with van der Waals surface area (Å²) >= 11 is 2.53. The zero-order chi connectivity index (χ0) is 71.7. The van der Waals surface area contributed by atoms with Crippen LogP contribution in [0.15, 0.2) is 23.3 Å². The van der Waals surface area contributed by atoms with Gasteiger partial charge in [0.25, 0.3) is 11.8 Å². The zero-order valence-electron chi connectivity index (χ0n) is 53.8. The van der Waals surface area contributed by atoms with Crippen LogP contribution in [0.1, 0.15) is 88.8 Å². The number of imidazole rings is 1. The van der Waals surface area contributed by atoms with E-state index in [-0.39, 0.29) is 64.9 Å². The van der Waals surface area contributed by atoms with Crippen molar-refractivity contribution in [1.29, 1.82) is 0 Å².